The molecule has 1 aliphatic heterocycles. The smallest absolute Gasteiger partial charge is 0.315 e. The number of fused-ring (bicyclic) bond motifs is 1. The predicted molar refractivity (Wildman–Crippen MR) is 150 cm³/mol. The van der Waals surface area contributed by atoms with Crippen molar-refractivity contribution in [2.75, 3.05) is 6.54 Å². The molecule has 5 rings (SSSR count). The molecule has 11 heteroatoms. The number of rotatable bonds is 8. The van der Waals surface area contributed by atoms with Gasteiger partial charge in [0.15, 0.2) is 0 Å². The molecular weight excluding hydrogens is 510 g/mol. The maximum absolute atomic E-state index is 13.6. The molecule has 1 aromatic carbocycles. The summed E-state index contributed by atoms with van der Waals surface area (Å²) in [5.74, 6) is -1.47. The Labute approximate surface area is 232 Å². The van der Waals surface area contributed by atoms with Crippen LogP contribution in [-0.2, 0) is 23.1 Å². The molecule has 3 atom stereocenters. The van der Waals surface area contributed by atoms with Gasteiger partial charge in [0.2, 0.25) is 11.8 Å². The number of aryl methyl sites for hydroxylation is 1. The van der Waals surface area contributed by atoms with Gasteiger partial charge in [0, 0.05) is 49.4 Å². The molecule has 2 aliphatic rings. The number of nitrogens with two attached hydrogens (primary N) is 1. The van der Waals surface area contributed by atoms with E-state index >= 15 is 0 Å². The van der Waals surface area contributed by atoms with Crippen LogP contribution in [0.1, 0.15) is 54.6 Å². The Morgan fingerprint density at radius 2 is 1.77 bits per heavy atom. The number of hydrogen-bond donors (Lipinski definition) is 5. The van der Waals surface area contributed by atoms with Crippen molar-refractivity contribution < 1.29 is 19.2 Å². The van der Waals surface area contributed by atoms with E-state index in [4.69, 9.17) is 5.73 Å². The highest BCUT2D eigenvalue weighted by molar-refractivity contribution is 5.98. The minimum Gasteiger partial charge on any atom is -0.368 e. The Kier molecular flexibility index (Phi) is 8.09. The van der Waals surface area contributed by atoms with Crippen molar-refractivity contribution >= 4 is 34.7 Å². The molecule has 1 saturated carbocycles. The molecule has 0 radical (unpaired) electrons. The van der Waals surface area contributed by atoms with Crippen LogP contribution in [-0.4, -0.2) is 68.9 Å². The van der Waals surface area contributed by atoms with E-state index in [1.807, 2.05) is 24.3 Å². The number of primary amides is 1. The summed E-state index contributed by atoms with van der Waals surface area (Å²) in [5, 5.41) is 9.73. The lowest BCUT2D eigenvalue weighted by atomic mass is 9.96. The zero-order valence-electron chi connectivity index (χ0n) is 22.7. The van der Waals surface area contributed by atoms with Crippen LogP contribution in [0.25, 0.3) is 10.9 Å². The number of amides is 5. The van der Waals surface area contributed by atoms with Crippen LogP contribution >= 0.6 is 0 Å². The van der Waals surface area contributed by atoms with E-state index in [1.54, 1.807) is 36.1 Å². The average molecular weight is 548 g/mol. The van der Waals surface area contributed by atoms with E-state index < -0.39 is 29.9 Å². The number of para-hydroxylation sites is 1. The molecule has 2 fully saturated rings. The lowest BCUT2D eigenvalue weighted by Crippen LogP contribution is -2.53. The fraction of sp³-hybridized carbons (Fsp3) is 0.448. The van der Waals surface area contributed by atoms with Gasteiger partial charge in [0.05, 0.1) is 6.04 Å². The SMILES string of the molecule is Cn1cccc1C(=O)N1C[C@@H](NC(=O)NC2CCCCC2)C[C@H]1C(=O)N[C@H](Cc1c[nH]c2ccccc12)C(N)=O. The minimum atomic E-state index is -0.972. The van der Waals surface area contributed by atoms with Gasteiger partial charge in [-0.2, -0.15) is 0 Å². The number of nitrogens with one attached hydrogen (secondary N) is 4. The van der Waals surface area contributed by atoms with E-state index in [1.165, 1.54) is 11.3 Å². The monoisotopic (exact) mass is 547 g/mol. The fourth-order valence-corrected chi connectivity index (χ4v) is 5.91. The summed E-state index contributed by atoms with van der Waals surface area (Å²) in [6.45, 7) is 0.171. The lowest BCUT2D eigenvalue weighted by molar-refractivity contribution is -0.129. The molecule has 5 amide bonds. The third-order valence-electron chi connectivity index (χ3n) is 8.06. The first kappa shape index (κ1) is 27.3. The number of H-pyrrole nitrogens is 1. The van der Waals surface area contributed by atoms with Crippen LogP contribution < -0.4 is 21.7 Å². The van der Waals surface area contributed by atoms with Gasteiger partial charge in [-0.05, 0) is 43.0 Å². The number of nitrogens with zero attached hydrogens (tertiary/aromatic N) is 2. The molecule has 0 spiro atoms. The Morgan fingerprint density at radius 3 is 2.50 bits per heavy atom. The second kappa shape index (κ2) is 11.8. The number of carbonyl (C=O) groups excluding carboxylic acids is 4. The van der Waals surface area contributed by atoms with Crippen molar-refractivity contribution in [1.82, 2.24) is 30.4 Å². The molecule has 40 heavy (non-hydrogen) atoms. The first-order valence-corrected chi connectivity index (χ1v) is 13.9. The largest absolute Gasteiger partial charge is 0.368 e. The van der Waals surface area contributed by atoms with Crippen molar-refractivity contribution in [2.24, 2.45) is 12.8 Å². The highest BCUT2D eigenvalue weighted by Crippen LogP contribution is 2.23. The number of benzene rings is 1. The molecule has 2 aromatic heterocycles. The number of aromatic amines is 1. The Morgan fingerprint density at radius 1 is 1.02 bits per heavy atom. The maximum Gasteiger partial charge on any atom is 0.315 e. The normalized spacial score (nSPS) is 20.3. The van der Waals surface area contributed by atoms with Gasteiger partial charge in [0.25, 0.3) is 5.91 Å². The summed E-state index contributed by atoms with van der Waals surface area (Å²) in [7, 11) is 1.76. The van der Waals surface area contributed by atoms with E-state index in [9.17, 15) is 19.2 Å². The Balaban J connectivity index is 1.31. The van der Waals surface area contributed by atoms with E-state index in [2.05, 4.69) is 20.9 Å². The van der Waals surface area contributed by atoms with Gasteiger partial charge < -0.3 is 36.1 Å². The van der Waals surface area contributed by atoms with Crippen molar-refractivity contribution in [1.29, 1.82) is 0 Å². The van der Waals surface area contributed by atoms with E-state index in [0.29, 0.717) is 5.69 Å². The van der Waals surface area contributed by atoms with Crippen molar-refractivity contribution in [3.63, 3.8) is 0 Å². The third kappa shape index (κ3) is 5.98. The molecule has 1 aliphatic carbocycles. The summed E-state index contributed by atoms with van der Waals surface area (Å²) in [4.78, 5) is 56.9. The molecule has 3 heterocycles. The highest BCUT2D eigenvalue weighted by atomic mass is 16.2. The fourth-order valence-electron chi connectivity index (χ4n) is 5.91. The average Bonchev–Trinajstić information content (AvgIpc) is 3.67. The molecule has 11 nitrogen and oxygen atoms in total. The summed E-state index contributed by atoms with van der Waals surface area (Å²) in [5.41, 5.74) is 7.90. The standard InChI is InChI=1S/C29H37N7O4/c1-35-13-7-12-24(35)28(39)36-17-20(33-29(40)32-19-8-3-2-4-9-19)15-25(36)27(38)34-23(26(30)37)14-18-16-31-22-11-6-5-10-21(18)22/h5-7,10-13,16,19-20,23,25,31H,2-4,8-9,14-15,17H2,1H3,(H2,30,37)(H,34,38)(H2,32,33,40)/t20-,23+,25-/m0/s1. The maximum atomic E-state index is 13.6. The first-order chi connectivity index (χ1) is 19.3. The molecule has 0 unspecified atom stereocenters. The second-order valence-corrected chi connectivity index (χ2v) is 10.9. The molecule has 0 bridgehead atoms. The van der Waals surface area contributed by atoms with Crippen LogP contribution in [0, 0.1) is 0 Å². The van der Waals surface area contributed by atoms with Crippen molar-refractivity contribution in [3.8, 4) is 0 Å². The molecular formula is C29H37N7O4. The third-order valence-corrected chi connectivity index (χ3v) is 8.06. The Hall–Kier alpha value is -4.28. The number of urea groups is 1. The number of likely N-dealkylation sites (tertiary alicyclic amines) is 1. The second-order valence-electron chi connectivity index (χ2n) is 10.9. The van der Waals surface area contributed by atoms with Crippen molar-refractivity contribution in [3.05, 3.63) is 60.0 Å². The summed E-state index contributed by atoms with van der Waals surface area (Å²) >= 11 is 0. The molecule has 1 saturated heterocycles. The summed E-state index contributed by atoms with van der Waals surface area (Å²) in [6.07, 6.45) is 9.26. The zero-order chi connectivity index (χ0) is 28.2. The van der Waals surface area contributed by atoms with Crippen LogP contribution in [0.5, 0.6) is 0 Å². The zero-order valence-corrected chi connectivity index (χ0v) is 22.7. The van der Waals surface area contributed by atoms with E-state index in [-0.39, 0.29) is 37.4 Å². The highest BCUT2D eigenvalue weighted by Gasteiger charge is 2.42. The first-order valence-electron chi connectivity index (χ1n) is 13.9. The van der Waals surface area contributed by atoms with E-state index in [0.717, 1.165) is 42.1 Å². The van der Waals surface area contributed by atoms with Gasteiger partial charge >= 0.3 is 6.03 Å². The van der Waals surface area contributed by atoms with Crippen LogP contribution in [0.2, 0.25) is 0 Å². The van der Waals surface area contributed by atoms with Crippen LogP contribution in [0.4, 0.5) is 4.79 Å². The summed E-state index contributed by atoms with van der Waals surface area (Å²) in [6, 6.07) is 8.70. The van der Waals surface area contributed by atoms with Crippen LogP contribution in [0.3, 0.4) is 0 Å². The molecule has 6 N–H and O–H groups in total. The van der Waals surface area contributed by atoms with Crippen LogP contribution in [0.15, 0.2) is 48.8 Å². The van der Waals surface area contributed by atoms with Gasteiger partial charge in [0.1, 0.15) is 17.8 Å². The molecule has 3 aromatic rings. The topological polar surface area (TPSA) is 154 Å². The summed E-state index contributed by atoms with van der Waals surface area (Å²) < 4.78 is 1.69. The van der Waals surface area contributed by atoms with Gasteiger partial charge in [-0.3, -0.25) is 14.4 Å². The van der Waals surface area contributed by atoms with Crippen molar-refractivity contribution in [2.45, 2.75) is 69.1 Å². The van der Waals surface area contributed by atoms with Gasteiger partial charge in [-0.25, -0.2) is 4.79 Å². The Bertz CT molecular complexity index is 1390. The number of carbonyl (C=O) groups is 4. The lowest BCUT2D eigenvalue weighted by Gasteiger charge is -2.26. The van der Waals surface area contributed by atoms with Gasteiger partial charge in [-0.1, -0.05) is 37.5 Å². The number of aromatic nitrogens is 2. The minimum absolute atomic E-state index is 0.135. The quantitative estimate of drug-likeness (QED) is 0.292. The number of hydrogen-bond acceptors (Lipinski definition) is 4. The van der Waals surface area contributed by atoms with Gasteiger partial charge in [-0.15, -0.1) is 0 Å². The molecule has 212 valence electrons. The predicted octanol–water partition coefficient (Wildman–Crippen LogP) is 1.93.